The van der Waals surface area contributed by atoms with E-state index in [0.717, 1.165) is 47.3 Å². The SMILES string of the molecule is CCC1CCC(C2CC=C(c3cnc(-c4ccc(CN(CC(=O)O)C(=O)c5ccc(NC(=O)Cc6cc(OC)ccc6OC)cc5)cc4)nc3)CC2)CC1. The first-order valence-corrected chi connectivity index (χ1v) is 19.0. The number of carboxylic acids is 1. The van der Waals surface area contributed by atoms with Crippen LogP contribution in [-0.2, 0) is 22.6 Å². The van der Waals surface area contributed by atoms with Gasteiger partial charge in [0.2, 0.25) is 5.91 Å². The summed E-state index contributed by atoms with van der Waals surface area (Å²) in [6, 6.07) is 19.1. The molecule has 0 radical (unpaired) electrons. The molecule has 10 heteroatoms. The van der Waals surface area contributed by atoms with Gasteiger partial charge in [0.05, 0.1) is 20.6 Å². The molecule has 4 aromatic rings. The number of aromatic nitrogens is 2. The lowest BCUT2D eigenvalue weighted by atomic mass is 9.71. The van der Waals surface area contributed by atoms with Gasteiger partial charge in [0, 0.05) is 46.9 Å². The maximum Gasteiger partial charge on any atom is 0.323 e. The van der Waals surface area contributed by atoms with E-state index in [1.807, 2.05) is 36.7 Å². The van der Waals surface area contributed by atoms with E-state index in [0.29, 0.717) is 34.1 Å². The molecular weight excluding hydrogens is 681 g/mol. The molecule has 1 aromatic heterocycles. The first-order chi connectivity index (χ1) is 26.2. The third-order valence-corrected chi connectivity index (χ3v) is 11.1. The minimum atomic E-state index is -1.12. The molecule has 0 bridgehead atoms. The second-order valence-electron chi connectivity index (χ2n) is 14.5. The molecule has 1 fully saturated rings. The van der Waals surface area contributed by atoms with Crippen LogP contribution in [0.4, 0.5) is 5.69 Å². The lowest BCUT2D eigenvalue weighted by Crippen LogP contribution is -2.35. The summed E-state index contributed by atoms with van der Waals surface area (Å²) in [6.45, 7) is 1.95. The molecule has 2 aliphatic carbocycles. The molecule has 54 heavy (non-hydrogen) atoms. The Morgan fingerprint density at radius 1 is 0.852 bits per heavy atom. The Labute approximate surface area is 317 Å². The lowest BCUT2D eigenvalue weighted by molar-refractivity contribution is -0.137. The normalized spacial score (nSPS) is 18.3. The van der Waals surface area contributed by atoms with Gasteiger partial charge in [-0.25, -0.2) is 9.97 Å². The highest BCUT2D eigenvalue weighted by molar-refractivity contribution is 5.97. The van der Waals surface area contributed by atoms with Crippen LogP contribution in [0.25, 0.3) is 17.0 Å². The Balaban J connectivity index is 1.04. The second-order valence-corrected chi connectivity index (χ2v) is 14.5. The molecule has 6 rings (SSSR count). The Bertz CT molecular complexity index is 1930. The molecule has 0 spiro atoms. The second kappa shape index (κ2) is 18.0. The average molecular weight is 731 g/mol. The van der Waals surface area contributed by atoms with Gasteiger partial charge in [-0.3, -0.25) is 14.4 Å². The van der Waals surface area contributed by atoms with E-state index in [-0.39, 0.29) is 18.9 Å². The highest BCUT2D eigenvalue weighted by Gasteiger charge is 2.28. The Morgan fingerprint density at radius 2 is 1.57 bits per heavy atom. The van der Waals surface area contributed by atoms with E-state index < -0.39 is 18.4 Å². The van der Waals surface area contributed by atoms with E-state index in [9.17, 15) is 19.5 Å². The predicted molar refractivity (Wildman–Crippen MR) is 209 cm³/mol. The number of nitrogens with one attached hydrogen (secondary N) is 1. The minimum absolute atomic E-state index is 0.0578. The van der Waals surface area contributed by atoms with E-state index >= 15 is 0 Å². The van der Waals surface area contributed by atoms with Crippen molar-refractivity contribution in [2.45, 2.75) is 71.3 Å². The fraction of sp³-hybridized carbons (Fsp3) is 0.386. The van der Waals surface area contributed by atoms with Gasteiger partial charge in [-0.15, -0.1) is 0 Å². The molecular formula is C44H50N4O6. The number of amides is 2. The molecule has 1 heterocycles. The van der Waals surface area contributed by atoms with Gasteiger partial charge in [-0.1, -0.05) is 56.5 Å². The van der Waals surface area contributed by atoms with E-state index in [1.54, 1.807) is 49.6 Å². The molecule has 2 N–H and O–H groups in total. The van der Waals surface area contributed by atoms with Crippen molar-refractivity contribution >= 4 is 29.0 Å². The standard InChI is InChI=1S/C44H50N4O6/c1-4-29-5-9-31(10-6-29)32-13-15-33(16-14-32)37-25-45-43(46-26-37)34-11-7-30(8-12-34)27-48(28-42(50)51)44(52)35-17-19-38(20-18-35)47-41(49)24-36-23-39(53-2)21-22-40(36)54-3/h7-8,11-12,15,17-23,25-26,29,31-32H,4-6,9-10,13-14,16,24,27-28H2,1-3H3,(H,47,49)(H,50,51). The largest absolute Gasteiger partial charge is 0.497 e. The molecule has 2 amide bonds. The number of anilines is 1. The number of methoxy groups -OCH3 is 2. The Morgan fingerprint density at radius 3 is 2.19 bits per heavy atom. The Kier molecular flexibility index (Phi) is 12.7. The number of hydrogen-bond acceptors (Lipinski definition) is 7. The van der Waals surface area contributed by atoms with Gasteiger partial charge in [-0.2, -0.15) is 0 Å². The quantitative estimate of drug-likeness (QED) is 0.132. The smallest absolute Gasteiger partial charge is 0.323 e. The summed E-state index contributed by atoms with van der Waals surface area (Å²) in [5.74, 6) is 2.57. The summed E-state index contributed by atoms with van der Waals surface area (Å²) in [7, 11) is 3.09. The van der Waals surface area contributed by atoms with Gasteiger partial charge >= 0.3 is 5.97 Å². The van der Waals surface area contributed by atoms with Crippen LogP contribution in [0, 0.1) is 17.8 Å². The number of ether oxygens (including phenoxy) is 2. The molecule has 1 atom stereocenters. The molecule has 2 aliphatic rings. The first kappa shape index (κ1) is 38.2. The van der Waals surface area contributed by atoms with Gasteiger partial charge in [0.15, 0.2) is 5.82 Å². The third-order valence-electron chi connectivity index (χ3n) is 11.1. The van der Waals surface area contributed by atoms with Crippen LogP contribution in [0.2, 0.25) is 0 Å². The number of benzene rings is 3. The summed E-state index contributed by atoms with van der Waals surface area (Å²) in [4.78, 5) is 48.7. The fourth-order valence-electron chi connectivity index (χ4n) is 7.87. The summed E-state index contributed by atoms with van der Waals surface area (Å²) in [5.41, 5.74) is 5.49. The van der Waals surface area contributed by atoms with Crippen molar-refractivity contribution in [2.75, 3.05) is 26.1 Å². The van der Waals surface area contributed by atoms with Gasteiger partial charge < -0.3 is 24.8 Å². The molecule has 1 saturated carbocycles. The first-order valence-electron chi connectivity index (χ1n) is 19.0. The van der Waals surface area contributed by atoms with Crippen LogP contribution in [0.5, 0.6) is 11.5 Å². The number of rotatable bonds is 14. The van der Waals surface area contributed by atoms with Crippen molar-refractivity contribution < 1.29 is 29.0 Å². The maximum atomic E-state index is 13.5. The summed E-state index contributed by atoms with van der Waals surface area (Å²) in [6.07, 6.45) is 16.6. The summed E-state index contributed by atoms with van der Waals surface area (Å²) < 4.78 is 10.6. The van der Waals surface area contributed by atoms with Gasteiger partial charge in [0.1, 0.15) is 18.0 Å². The molecule has 0 saturated heterocycles. The minimum Gasteiger partial charge on any atom is -0.497 e. The summed E-state index contributed by atoms with van der Waals surface area (Å²) >= 11 is 0. The molecule has 0 aliphatic heterocycles. The van der Waals surface area contributed by atoms with Gasteiger partial charge in [-0.05, 0) is 103 Å². The van der Waals surface area contributed by atoms with Crippen molar-refractivity contribution in [3.8, 4) is 22.9 Å². The third kappa shape index (κ3) is 9.72. The van der Waals surface area contributed by atoms with E-state index in [1.165, 1.54) is 56.1 Å². The number of nitrogens with zero attached hydrogens (tertiary/aromatic N) is 3. The molecule has 10 nitrogen and oxygen atoms in total. The van der Waals surface area contributed by atoms with Crippen molar-refractivity contribution in [2.24, 2.45) is 17.8 Å². The number of allylic oxidation sites excluding steroid dienone is 2. The zero-order valence-corrected chi connectivity index (χ0v) is 31.4. The van der Waals surface area contributed by atoms with Crippen molar-refractivity contribution in [3.05, 3.63) is 107 Å². The van der Waals surface area contributed by atoms with E-state index in [4.69, 9.17) is 9.47 Å². The Hall–Kier alpha value is -5.51. The zero-order valence-electron chi connectivity index (χ0n) is 31.4. The van der Waals surface area contributed by atoms with Crippen molar-refractivity contribution in [1.29, 1.82) is 0 Å². The molecule has 3 aromatic carbocycles. The predicted octanol–water partition coefficient (Wildman–Crippen LogP) is 8.47. The average Bonchev–Trinajstić information content (AvgIpc) is 3.21. The monoisotopic (exact) mass is 730 g/mol. The highest BCUT2D eigenvalue weighted by Crippen LogP contribution is 2.41. The number of carboxylic acid groups (broad SMARTS) is 1. The van der Waals surface area contributed by atoms with Crippen LogP contribution in [0.1, 0.15) is 85.3 Å². The number of carbonyl (C=O) groups is 3. The van der Waals surface area contributed by atoms with Crippen LogP contribution in [0.15, 0.2) is 85.2 Å². The fourth-order valence-corrected chi connectivity index (χ4v) is 7.87. The lowest BCUT2D eigenvalue weighted by Gasteiger charge is -2.35. The number of aliphatic carboxylic acids is 1. The number of carbonyl (C=O) groups excluding carboxylic acids is 2. The van der Waals surface area contributed by atoms with E-state index in [2.05, 4.69) is 28.3 Å². The van der Waals surface area contributed by atoms with Crippen LogP contribution in [-0.4, -0.2) is 58.5 Å². The van der Waals surface area contributed by atoms with Crippen molar-refractivity contribution in [3.63, 3.8) is 0 Å². The molecule has 282 valence electrons. The van der Waals surface area contributed by atoms with Crippen LogP contribution < -0.4 is 14.8 Å². The topological polar surface area (TPSA) is 131 Å². The van der Waals surface area contributed by atoms with Crippen LogP contribution >= 0.6 is 0 Å². The van der Waals surface area contributed by atoms with Crippen LogP contribution in [0.3, 0.4) is 0 Å². The molecule has 1 unspecified atom stereocenters. The van der Waals surface area contributed by atoms with Gasteiger partial charge in [0.25, 0.3) is 5.91 Å². The zero-order chi connectivity index (χ0) is 38.0. The highest BCUT2D eigenvalue weighted by atomic mass is 16.5. The maximum absolute atomic E-state index is 13.5. The van der Waals surface area contributed by atoms with Crippen molar-refractivity contribution in [1.82, 2.24) is 14.9 Å². The number of hydrogen-bond donors (Lipinski definition) is 2. The summed E-state index contributed by atoms with van der Waals surface area (Å²) in [5, 5.41) is 12.4.